The van der Waals surface area contributed by atoms with E-state index in [0.717, 1.165) is 11.3 Å². The van der Waals surface area contributed by atoms with Crippen LogP contribution in [0.4, 0.5) is 0 Å². The molecular weight excluding hydrogens is 216 g/mol. The number of carbonyl (C=O) groups excluding carboxylic acids is 1. The Hall–Kier alpha value is -1.51. The third-order valence-electron chi connectivity index (χ3n) is 3.27. The van der Waals surface area contributed by atoms with Gasteiger partial charge in [-0.3, -0.25) is 0 Å². The molecule has 3 nitrogen and oxygen atoms in total. The smallest absolute Gasteiger partial charge is 0.351 e. The fraction of sp³-hybridized carbons (Fsp3) is 0.500. The molecule has 0 aromatic heterocycles. The van der Waals surface area contributed by atoms with Gasteiger partial charge in [0, 0.05) is 12.3 Å². The number of para-hydroxylation sites is 1. The molecule has 0 spiro atoms. The van der Waals surface area contributed by atoms with Gasteiger partial charge in [-0.05, 0) is 18.6 Å². The first-order chi connectivity index (χ1) is 8.10. The van der Waals surface area contributed by atoms with E-state index >= 15 is 0 Å². The highest BCUT2D eigenvalue weighted by Crippen LogP contribution is 2.39. The normalized spacial score (nSPS) is 22.1. The predicted octanol–water partition coefficient (Wildman–Crippen LogP) is 2.58. The zero-order valence-electron chi connectivity index (χ0n) is 10.5. The summed E-state index contributed by atoms with van der Waals surface area (Å²) in [5.41, 5.74) is 0.230. The summed E-state index contributed by atoms with van der Waals surface area (Å²) >= 11 is 0. The Morgan fingerprint density at radius 2 is 2.18 bits per heavy atom. The molecule has 92 valence electrons. The zero-order valence-corrected chi connectivity index (χ0v) is 10.5. The molecule has 1 aliphatic heterocycles. The predicted molar refractivity (Wildman–Crippen MR) is 65.0 cm³/mol. The first kappa shape index (κ1) is 12.0. The minimum atomic E-state index is -0.848. The summed E-state index contributed by atoms with van der Waals surface area (Å²) in [6, 6.07) is 7.78. The molecule has 1 atom stereocenters. The lowest BCUT2D eigenvalue weighted by atomic mass is 9.86. The summed E-state index contributed by atoms with van der Waals surface area (Å²) in [6.45, 7) is 6.17. The second kappa shape index (κ2) is 4.40. The highest BCUT2D eigenvalue weighted by Gasteiger charge is 2.50. The topological polar surface area (TPSA) is 35.5 Å². The van der Waals surface area contributed by atoms with Crippen LogP contribution in [0, 0.1) is 5.92 Å². The molecule has 0 N–H and O–H groups in total. The number of hydrogen-bond acceptors (Lipinski definition) is 3. The quantitative estimate of drug-likeness (QED) is 0.754. The van der Waals surface area contributed by atoms with E-state index in [1.165, 1.54) is 0 Å². The van der Waals surface area contributed by atoms with Crippen LogP contribution < -0.4 is 4.74 Å². The number of ether oxygens (including phenoxy) is 2. The number of fused-ring (bicyclic) bond motifs is 1. The average molecular weight is 234 g/mol. The van der Waals surface area contributed by atoms with Gasteiger partial charge in [0.15, 0.2) is 0 Å². The van der Waals surface area contributed by atoms with Crippen LogP contribution in [0.15, 0.2) is 24.3 Å². The van der Waals surface area contributed by atoms with E-state index in [1.807, 2.05) is 45.0 Å². The highest BCUT2D eigenvalue weighted by atomic mass is 16.6. The van der Waals surface area contributed by atoms with Gasteiger partial charge >= 0.3 is 5.97 Å². The Balaban J connectivity index is 2.32. The van der Waals surface area contributed by atoms with Gasteiger partial charge < -0.3 is 9.47 Å². The molecule has 1 heterocycles. The lowest BCUT2D eigenvalue weighted by molar-refractivity contribution is -0.164. The molecule has 1 aliphatic rings. The van der Waals surface area contributed by atoms with Gasteiger partial charge in [0.25, 0.3) is 0 Å². The van der Waals surface area contributed by atoms with Crippen LogP contribution in [-0.2, 0) is 16.0 Å². The fourth-order valence-electron chi connectivity index (χ4n) is 2.19. The molecule has 0 amide bonds. The van der Waals surface area contributed by atoms with Crippen LogP contribution in [0.2, 0.25) is 0 Å². The van der Waals surface area contributed by atoms with E-state index in [1.54, 1.807) is 0 Å². The lowest BCUT2D eigenvalue weighted by Gasteiger charge is -2.30. The Morgan fingerprint density at radius 1 is 1.47 bits per heavy atom. The van der Waals surface area contributed by atoms with E-state index in [2.05, 4.69) is 0 Å². The maximum absolute atomic E-state index is 12.1. The van der Waals surface area contributed by atoms with E-state index in [4.69, 9.17) is 9.47 Å². The van der Waals surface area contributed by atoms with Crippen molar-refractivity contribution in [3.8, 4) is 5.75 Å². The maximum Gasteiger partial charge on any atom is 0.351 e. The maximum atomic E-state index is 12.1. The molecule has 0 aliphatic carbocycles. The number of benzene rings is 1. The summed E-state index contributed by atoms with van der Waals surface area (Å²) in [7, 11) is 0. The number of esters is 1. The van der Waals surface area contributed by atoms with Crippen molar-refractivity contribution in [2.75, 3.05) is 6.61 Å². The van der Waals surface area contributed by atoms with E-state index in [0.29, 0.717) is 13.0 Å². The molecule has 0 radical (unpaired) electrons. The summed E-state index contributed by atoms with van der Waals surface area (Å²) < 4.78 is 11.1. The first-order valence-corrected chi connectivity index (χ1v) is 6.04. The van der Waals surface area contributed by atoms with Gasteiger partial charge in [-0.25, -0.2) is 4.79 Å². The molecule has 3 heteroatoms. The Labute approximate surface area is 102 Å². The fourth-order valence-corrected chi connectivity index (χ4v) is 2.19. The second-order valence-corrected chi connectivity index (χ2v) is 4.65. The van der Waals surface area contributed by atoms with Crippen molar-refractivity contribution in [1.82, 2.24) is 0 Å². The van der Waals surface area contributed by atoms with E-state index < -0.39 is 5.60 Å². The van der Waals surface area contributed by atoms with Gasteiger partial charge in [-0.15, -0.1) is 0 Å². The molecule has 0 saturated heterocycles. The van der Waals surface area contributed by atoms with Crippen LogP contribution in [0.1, 0.15) is 26.3 Å². The minimum Gasteiger partial charge on any atom is -0.475 e. The number of hydrogen-bond donors (Lipinski definition) is 0. The van der Waals surface area contributed by atoms with E-state index in [9.17, 15) is 4.79 Å². The Bertz CT molecular complexity index is 398. The van der Waals surface area contributed by atoms with Crippen LogP contribution in [0.25, 0.3) is 0 Å². The van der Waals surface area contributed by atoms with Gasteiger partial charge in [0.1, 0.15) is 5.75 Å². The Kier molecular flexibility index (Phi) is 3.09. The van der Waals surface area contributed by atoms with Crippen molar-refractivity contribution >= 4 is 5.97 Å². The summed E-state index contributed by atoms with van der Waals surface area (Å²) in [5, 5.41) is 0. The van der Waals surface area contributed by atoms with Crippen LogP contribution >= 0.6 is 0 Å². The van der Waals surface area contributed by atoms with Crippen molar-refractivity contribution < 1.29 is 14.3 Å². The standard InChI is InChI=1S/C14H18O3/c1-4-16-13(15)14(10(2)3)9-11-7-5-6-8-12(11)17-14/h5-8,10H,4,9H2,1-3H3. The molecule has 2 rings (SSSR count). The molecule has 1 unspecified atom stereocenters. The van der Waals surface area contributed by atoms with Gasteiger partial charge in [0.05, 0.1) is 6.61 Å². The van der Waals surface area contributed by atoms with Crippen molar-refractivity contribution in [3.05, 3.63) is 29.8 Å². The number of carbonyl (C=O) groups is 1. The minimum absolute atomic E-state index is 0.0777. The first-order valence-electron chi connectivity index (χ1n) is 6.04. The van der Waals surface area contributed by atoms with Crippen LogP contribution in [-0.4, -0.2) is 18.2 Å². The summed E-state index contributed by atoms with van der Waals surface area (Å²) in [4.78, 5) is 12.1. The Morgan fingerprint density at radius 3 is 2.76 bits per heavy atom. The largest absolute Gasteiger partial charge is 0.475 e. The van der Waals surface area contributed by atoms with Crippen molar-refractivity contribution in [2.45, 2.75) is 32.8 Å². The SMILES string of the molecule is CCOC(=O)C1(C(C)C)Cc2ccccc2O1. The molecule has 1 aromatic rings. The van der Waals surface area contributed by atoms with Gasteiger partial charge in [-0.2, -0.15) is 0 Å². The summed E-state index contributed by atoms with van der Waals surface area (Å²) in [5.74, 6) is 0.620. The average Bonchev–Trinajstić information content (AvgIpc) is 2.69. The zero-order chi connectivity index (χ0) is 12.5. The highest BCUT2D eigenvalue weighted by molar-refractivity contribution is 5.82. The van der Waals surface area contributed by atoms with Crippen molar-refractivity contribution in [3.63, 3.8) is 0 Å². The molecule has 17 heavy (non-hydrogen) atoms. The van der Waals surface area contributed by atoms with Crippen LogP contribution in [0.5, 0.6) is 5.75 Å². The van der Waals surface area contributed by atoms with Crippen molar-refractivity contribution in [2.24, 2.45) is 5.92 Å². The van der Waals surface area contributed by atoms with Crippen molar-refractivity contribution in [1.29, 1.82) is 0 Å². The van der Waals surface area contributed by atoms with Gasteiger partial charge in [0.2, 0.25) is 5.60 Å². The third-order valence-corrected chi connectivity index (χ3v) is 3.27. The van der Waals surface area contributed by atoms with Gasteiger partial charge in [-0.1, -0.05) is 32.0 Å². The molecular formula is C14H18O3. The molecule has 1 aromatic carbocycles. The monoisotopic (exact) mass is 234 g/mol. The number of rotatable bonds is 3. The third kappa shape index (κ3) is 1.90. The van der Waals surface area contributed by atoms with Crippen LogP contribution in [0.3, 0.4) is 0 Å². The van der Waals surface area contributed by atoms with E-state index in [-0.39, 0.29) is 11.9 Å². The second-order valence-electron chi connectivity index (χ2n) is 4.65. The lowest BCUT2D eigenvalue weighted by Crippen LogP contribution is -2.49. The molecule has 0 saturated carbocycles. The summed E-state index contributed by atoms with van der Waals surface area (Å²) in [6.07, 6.45) is 0.597. The molecule has 0 fully saturated rings. The molecule has 0 bridgehead atoms.